The summed E-state index contributed by atoms with van der Waals surface area (Å²) in [5.41, 5.74) is 1.38. The fourth-order valence-corrected chi connectivity index (χ4v) is 3.63. The SMILES string of the molecule is CN(C)CCn1ncc(Br)c1C(O)C1CCC(C)(C)CC1. The van der Waals surface area contributed by atoms with E-state index < -0.39 is 6.10 Å². The van der Waals surface area contributed by atoms with Crippen LogP contribution < -0.4 is 0 Å². The van der Waals surface area contributed by atoms with Crippen LogP contribution in [0, 0.1) is 11.3 Å². The number of hydrogen-bond donors (Lipinski definition) is 1. The molecule has 1 saturated carbocycles. The highest BCUT2D eigenvalue weighted by Gasteiger charge is 2.33. The Kier molecular flexibility index (Phi) is 5.49. The van der Waals surface area contributed by atoms with Crippen LogP contribution in [0.15, 0.2) is 10.7 Å². The molecule has 0 amide bonds. The third kappa shape index (κ3) is 4.30. The Morgan fingerprint density at radius 3 is 2.62 bits per heavy atom. The van der Waals surface area contributed by atoms with E-state index in [0.717, 1.165) is 36.1 Å². The fourth-order valence-electron chi connectivity index (χ4n) is 3.10. The second-order valence-electron chi connectivity index (χ2n) is 7.35. The number of hydrogen-bond acceptors (Lipinski definition) is 3. The van der Waals surface area contributed by atoms with E-state index in [4.69, 9.17) is 0 Å². The maximum atomic E-state index is 10.8. The second kappa shape index (κ2) is 6.80. The predicted octanol–water partition coefficient (Wildman–Crippen LogP) is 3.46. The van der Waals surface area contributed by atoms with Gasteiger partial charge in [-0.25, -0.2) is 0 Å². The van der Waals surface area contributed by atoms with E-state index in [9.17, 15) is 5.11 Å². The normalized spacial score (nSPS) is 20.9. The molecule has 1 atom stereocenters. The lowest BCUT2D eigenvalue weighted by Crippen LogP contribution is -2.27. The zero-order valence-corrected chi connectivity index (χ0v) is 15.2. The monoisotopic (exact) mass is 357 g/mol. The molecule has 5 heteroatoms. The fraction of sp³-hybridized carbons (Fsp3) is 0.812. The summed E-state index contributed by atoms with van der Waals surface area (Å²) >= 11 is 3.56. The van der Waals surface area contributed by atoms with E-state index in [1.807, 2.05) is 4.68 Å². The molecule has 2 rings (SSSR count). The average molecular weight is 358 g/mol. The largest absolute Gasteiger partial charge is 0.386 e. The molecule has 1 heterocycles. The van der Waals surface area contributed by atoms with Gasteiger partial charge in [0.15, 0.2) is 0 Å². The van der Waals surface area contributed by atoms with Crippen LogP contribution in [-0.4, -0.2) is 40.4 Å². The molecule has 1 aliphatic rings. The van der Waals surface area contributed by atoms with Crippen LogP contribution in [0.5, 0.6) is 0 Å². The Morgan fingerprint density at radius 1 is 1.43 bits per heavy atom. The predicted molar refractivity (Wildman–Crippen MR) is 89.2 cm³/mol. The lowest BCUT2D eigenvalue weighted by atomic mass is 9.71. The average Bonchev–Trinajstić information content (AvgIpc) is 2.76. The Labute approximate surface area is 136 Å². The number of nitrogens with zero attached hydrogens (tertiary/aromatic N) is 3. The summed E-state index contributed by atoms with van der Waals surface area (Å²) in [7, 11) is 4.11. The van der Waals surface area contributed by atoms with Crippen LogP contribution >= 0.6 is 15.9 Å². The van der Waals surface area contributed by atoms with Crippen LogP contribution in [0.25, 0.3) is 0 Å². The topological polar surface area (TPSA) is 41.3 Å². The van der Waals surface area contributed by atoms with Crippen molar-refractivity contribution < 1.29 is 5.11 Å². The molecular weight excluding hydrogens is 330 g/mol. The molecule has 0 spiro atoms. The van der Waals surface area contributed by atoms with Gasteiger partial charge in [-0.3, -0.25) is 4.68 Å². The maximum Gasteiger partial charge on any atom is 0.0996 e. The summed E-state index contributed by atoms with van der Waals surface area (Å²) in [6, 6.07) is 0. The van der Waals surface area contributed by atoms with Gasteiger partial charge in [-0.15, -0.1) is 0 Å². The molecule has 4 nitrogen and oxygen atoms in total. The molecule has 0 aliphatic heterocycles. The van der Waals surface area contributed by atoms with E-state index in [0.29, 0.717) is 11.3 Å². The van der Waals surface area contributed by atoms with Gasteiger partial charge >= 0.3 is 0 Å². The Balaban J connectivity index is 2.08. The number of rotatable bonds is 5. The first-order chi connectivity index (χ1) is 9.80. The Bertz CT molecular complexity index is 460. The molecule has 1 aliphatic carbocycles. The molecule has 1 aromatic rings. The second-order valence-corrected chi connectivity index (χ2v) is 8.20. The van der Waals surface area contributed by atoms with Crippen molar-refractivity contribution in [3.63, 3.8) is 0 Å². The highest BCUT2D eigenvalue weighted by molar-refractivity contribution is 9.10. The standard InChI is InChI=1S/C16H28BrN3O/c1-16(2)7-5-12(6-8-16)15(21)14-13(17)11-18-20(14)10-9-19(3)4/h11-12,15,21H,5-10H2,1-4H3. The van der Waals surface area contributed by atoms with E-state index >= 15 is 0 Å². The Hall–Kier alpha value is -0.390. The van der Waals surface area contributed by atoms with Crippen LogP contribution in [0.2, 0.25) is 0 Å². The van der Waals surface area contributed by atoms with E-state index in [1.54, 1.807) is 6.20 Å². The third-order valence-corrected chi connectivity index (χ3v) is 5.31. The van der Waals surface area contributed by atoms with E-state index in [-0.39, 0.29) is 0 Å². The van der Waals surface area contributed by atoms with Crippen molar-refractivity contribution in [1.82, 2.24) is 14.7 Å². The summed E-state index contributed by atoms with van der Waals surface area (Å²) in [6.45, 7) is 6.38. The van der Waals surface area contributed by atoms with Crippen molar-refractivity contribution >= 4 is 15.9 Å². The lowest BCUT2D eigenvalue weighted by molar-refractivity contribution is 0.0497. The first-order valence-corrected chi connectivity index (χ1v) is 8.63. The molecule has 1 fully saturated rings. The van der Waals surface area contributed by atoms with Crippen LogP contribution in [0.1, 0.15) is 51.3 Å². The highest BCUT2D eigenvalue weighted by Crippen LogP contribution is 2.43. The molecule has 0 bridgehead atoms. The zero-order chi connectivity index (χ0) is 15.6. The number of halogens is 1. The van der Waals surface area contributed by atoms with E-state index in [1.165, 1.54) is 12.8 Å². The van der Waals surface area contributed by atoms with Gasteiger partial charge in [0.2, 0.25) is 0 Å². The van der Waals surface area contributed by atoms with Crippen molar-refractivity contribution in [2.75, 3.05) is 20.6 Å². The zero-order valence-electron chi connectivity index (χ0n) is 13.6. The van der Waals surface area contributed by atoms with Gasteiger partial charge < -0.3 is 10.0 Å². The number of aliphatic hydroxyl groups is 1. The lowest BCUT2D eigenvalue weighted by Gasteiger charge is -2.36. The number of aliphatic hydroxyl groups excluding tert-OH is 1. The van der Waals surface area contributed by atoms with Gasteiger partial charge in [0.1, 0.15) is 0 Å². The van der Waals surface area contributed by atoms with E-state index in [2.05, 4.69) is 53.9 Å². The van der Waals surface area contributed by atoms with Crippen molar-refractivity contribution in [2.45, 2.75) is 52.2 Å². The summed E-state index contributed by atoms with van der Waals surface area (Å²) < 4.78 is 2.88. The highest BCUT2D eigenvalue weighted by atomic mass is 79.9. The molecule has 1 unspecified atom stereocenters. The molecule has 1 N–H and O–H groups in total. The van der Waals surface area contributed by atoms with Gasteiger partial charge in [0, 0.05) is 6.54 Å². The van der Waals surface area contributed by atoms with Crippen molar-refractivity contribution in [3.05, 3.63) is 16.4 Å². The van der Waals surface area contributed by atoms with Gasteiger partial charge in [-0.1, -0.05) is 13.8 Å². The third-order valence-electron chi connectivity index (χ3n) is 4.70. The molecule has 0 radical (unpaired) electrons. The minimum atomic E-state index is -0.417. The van der Waals surface area contributed by atoms with Crippen molar-refractivity contribution in [2.24, 2.45) is 11.3 Å². The van der Waals surface area contributed by atoms with Gasteiger partial charge in [0.05, 0.1) is 29.0 Å². The van der Waals surface area contributed by atoms with Gasteiger partial charge in [0.25, 0.3) is 0 Å². The molecule has 21 heavy (non-hydrogen) atoms. The van der Waals surface area contributed by atoms with Crippen LogP contribution in [-0.2, 0) is 6.54 Å². The minimum Gasteiger partial charge on any atom is -0.386 e. The molecular formula is C16H28BrN3O. The summed E-state index contributed by atoms with van der Waals surface area (Å²) in [6.07, 6.45) is 5.97. The first-order valence-electron chi connectivity index (χ1n) is 7.84. The minimum absolute atomic E-state index is 0.351. The first kappa shape index (κ1) is 17.0. The smallest absolute Gasteiger partial charge is 0.0996 e. The molecule has 0 saturated heterocycles. The van der Waals surface area contributed by atoms with Gasteiger partial charge in [-0.2, -0.15) is 5.10 Å². The number of aromatic nitrogens is 2. The summed E-state index contributed by atoms with van der Waals surface area (Å²) in [5.74, 6) is 0.351. The van der Waals surface area contributed by atoms with Crippen molar-refractivity contribution in [1.29, 1.82) is 0 Å². The van der Waals surface area contributed by atoms with Gasteiger partial charge in [-0.05, 0) is 67.0 Å². The maximum absolute atomic E-state index is 10.8. The molecule has 1 aromatic heterocycles. The summed E-state index contributed by atoms with van der Waals surface area (Å²) in [5, 5.41) is 15.2. The number of likely N-dealkylation sites (N-methyl/N-ethyl adjacent to an activating group) is 1. The van der Waals surface area contributed by atoms with Crippen LogP contribution in [0.3, 0.4) is 0 Å². The molecule has 120 valence electrons. The summed E-state index contributed by atoms with van der Waals surface area (Å²) in [4.78, 5) is 2.13. The van der Waals surface area contributed by atoms with Crippen LogP contribution in [0.4, 0.5) is 0 Å². The van der Waals surface area contributed by atoms with Crippen molar-refractivity contribution in [3.8, 4) is 0 Å². The molecule has 0 aromatic carbocycles. The quantitative estimate of drug-likeness (QED) is 0.877. The Morgan fingerprint density at radius 2 is 2.05 bits per heavy atom.